The van der Waals surface area contributed by atoms with Gasteiger partial charge >= 0.3 is 6.18 Å². The third kappa shape index (κ3) is 4.30. The second-order valence-corrected chi connectivity index (χ2v) is 6.88. The predicted molar refractivity (Wildman–Crippen MR) is 105 cm³/mol. The minimum Gasteiger partial charge on any atom is -0.346 e. The molecule has 4 rings (SSSR count). The lowest BCUT2D eigenvalue weighted by Gasteiger charge is -2.21. The topological polar surface area (TPSA) is 104 Å². The molecule has 0 radical (unpaired) electrons. The number of halogens is 3. The summed E-state index contributed by atoms with van der Waals surface area (Å²) in [5.41, 5.74) is 0.0704. The van der Waals surface area contributed by atoms with Crippen LogP contribution >= 0.6 is 0 Å². The van der Waals surface area contributed by atoms with Crippen molar-refractivity contribution >= 4 is 17.2 Å². The van der Waals surface area contributed by atoms with Crippen LogP contribution in [0.5, 0.6) is 0 Å². The Morgan fingerprint density at radius 1 is 1.27 bits per heavy atom. The van der Waals surface area contributed by atoms with Crippen LogP contribution in [0.1, 0.15) is 18.5 Å². The molecular formula is C19H19F3N8. The zero-order chi connectivity index (χ0) is 21.1. The second kappa shape index (κ2) is 8.19. The smallest absolute Gasteiger partial charge is 0.346 e. The highest BCUT2D eigenvalue weighted by Gasteiger charge is 2.33. The number of allylic oxidation sites excluding steroid dienone is 1. The van der Waals surface area contributed by atoms with E-state index in [0.29, 0.717) is 17.2 Å². The lowest BCUT2D eigenvalue weighted by molar-refractivity contribution is -0.141. The van der Waals surface area contributed by atoms with Gasteiger partial charge in [-0.1, -0.05) is 0 Å². The molecular weight excluding hydrogens is 397 g/mol. The van der Waals surface area contributed by atoms with Gasteiger partial charge in [-0.2, -0.15) is 13.2 Å². The fourth-order valence-corrected chi connectivity index (χ4v) is 3.23. The lowest BCUT2D eigenvalue weighted by atomic mass is 9.94. The molecule has 1 aliphatic heterocycles. The summed E-state index contributed by atoms with van der Waals surface area (Å²) in [4.78, 5) is 16.0. The highest BCUT2D eigenvalue weighted by atomic mass is 19.4. The number of alkyl halides is 3. The van der Waals surface area contributed by atoms with Crippen molar-refractivity contribution in [2.45, 2.75) is 19.0 Å². The van der Waals surface area contributed by atoms with E-state index >= 15 is 0 Å². The van der Waals surface area contributed by atoms with Gasteiger partial charge in [0.05, 0.1) is 12.4 Å². The van der Waals surface area contributed by atoms with Crippen LogP contribution in [0.25, 0.3) is 17.2 Å². The van der Waals surface area contributed by atoms with Crippen molar-refractivity contribution in [3.63, 3.8) is 0 Å². The highest BCUT2D eigenvalue weighted by Crippen LogP contribution is 2.28. The molecule has 3 aromatic rings. The Morgan fingerprint density at radius 2 is 2.13 bits per heavy atom. The predicted octanol–water partition coefficient (Wildman–Crippen LogP) is 3.15. The van der Waals surface area contributed by atoms with Gasteiger partial charge in [-0.15, -0.1) is 0 Å². The molecule has 0 amide bonds. The van der Waals surface area contributed by atoms with Gasteiger partial charge in [-0.3, -0.25) is 4.40 Å². The molecule has 4 heterocycles. The van der Waals surface area contributed by atoms with Crippen LogP contribution in [0, 0.1) is 11.3 Å². The number of piperidine rings is 1. The summed E-state index contributed by atoms with van der Waals surface area (Å²) in [6.45, 7) is 1.78. The fraction of sp³-hybridized carbons (Fsp3) is 0.316. The summed E-state index contributed by atoms with van der Waals surface area (Å²) < 4.78 is 40.2. The number of hydrogen-bond acceptors (Lipinski definition) is 7. The zero-order valence-corrected chi connectivity index (χ0v) is 15.8. The molecule has 0 saturated carbocycles. The van der Waals surface area contributed by atoms with Crippen molar-refractivity contribution < 1.29 is 13.2 Å². The van der Waals surface area contributed by atoms with Crippen LogP contribution in [-0.4, -0.2) is 43.1 Å². The van der Waals surface area contributed by atoms with Crippen molar-refractivity contribution in [3.8, 4) is 11.5 Å². The van der Waals surface area contributed by atoms with Gasteiger partial charge < -0.3 is 16.0 Å². The molecule has 30 heavy (non-hydrogen) atoms. The van der Waals surface area contributed by atoms with E-state index in [2.05, 4.69) is 30.6 Å². The average Bonchev–Trinajstić information content (AvgIpc) is 3.17. The molecule has 0 aliphatic carbocycles. The standard InChI is InChI=1S/C19H19F3N8/c20-19(21,22)15-11-30-14(9-28-17(30)10-27-15)18-26-7-4-16(29-18)25-6-3-13(23)12-2-1-5-24-8-12/h3-4,6-7,9-12,23-24H,1-2,5,8H2,(H,25,26,29)/b6-3-,23-13?. The molecule has 1 aliphatic rings. The van der Waals surface area contributed by atoms with Crippen LogP contribution in [0.15, 0.2) is 43.1 Å². The second-order valence-electron chi connectivity index (χ2n) is 6.88. The first-order valence-corrected chi connectivity index (χ1v) is 9.38. The third-order valence-electron chi connectivity index (χ3n) is 4.80. The maximum absolute atomic E-state index is 13.0. The zero-order valence-electron chi connectivity index (χ0n) is 15.8. The van der Waals surface area contributed by atoms with E-state index in [1.165, 1.54) is 16.8 Å². The maximum atomic E-state index is 13.0. The number of fused-ring (bicyclic) bond motifs is 1. The number of nitrogens with one attached hydrogen (secondary N) is 3. The van der Waals surface area contributed by atoms with E-state index in [9.17, 15) is 13.2 Å². The summed E-state index contributed by atoms with van der Waals surface area (Å²) in [6, 6.07) is 1.63. The molecule has 3 aromatic heterocycles. The molecule has 0 bridgehead atoms. The van der Waals surface area contributed by atoms with Crippen molar-refractivity contribution in [2.24, 2.45) is 5.92 Å². The van der Waals surface area contributed by atoms with Crippen molar-refractivity contribution in [3.05, 3.63) is 48.8 Å². The molecule has 1 fully saturated rings. The largest absolute Gasteiger partial charge is 0.434 e. The normalized spacial score (nSPS) is 17.5. The summed E-state index contributed by atoms with van der Waals surface area (Å²) in [5.74, 6) is 0.852. The molecule has 0 spiro atoms. The van der Waals surface area contributed by atoms with Crippen molar-refractivity contribution in [1.29, 1.82) is 5.41 Å². The molecule has 3 N–H and O–H groups in total. The van der Waals surface area contributed by atoms with Gasteiger partial charge in [0.2, 0.25) is 0 Å². The van der Waals surface area contributed by atoms with Gasteiger partial charge in [0.1, 0.15) is 11.5 Å². The summed E-state index contributed by atoms with van der Waals surface area (Å²) in [5, 5.41) is 14.4. The number of hydrogen-bond donors (Lipinski definition) is 3. The fourth-order valence-electron chi connectivity index (χ4n) is 3.23. The van der Waals surface area contributed by atoms with E-state index in [1.807, 2.05) is 0 Å². The molecule has 156 valence electrons. The molecule has 11 heteroatoms. The Morgan fingerprint density at radius 3 is 2.90 bits per heavy atom. The van der Waals surface area contributed by atoms with Crippen LogP contribution in [0.2, 0.25) is 0 Å². The maximum Gasteiger partial charge on any atom is 0.434 e. The Hall–Kier alpha value is -3.34. The van der Waals surface area contributed by atoms with Crippen LogP contribution in [0.4, 0.5) is 19.0 Å². The van der Waals surface area contributed by atoms with E-state index in [-0.39, 0.29) is 17.4 Å². The molecule has 8 nitrogen and oxygen atoms in total. The minimum atomic E-state index is -4.57. The number of nitrogens with zero attached hydrogens (tertiary/aromatic N) is 5. The number of aromatic nitrogens is 5. The Bertz CT molecular complexity index is 1080. The first kappa shape index (κ1) is 20.0. The van der Waals surface area contributed by atoms with E-state index in [1.54, 1.807) is 18.3 Å². The lowest BCUT2D eigenvalue weighted by Crippen LogP contribution is -2.33. The van der Waals surface area contributed by atoms with E-state index in [4.69, 9.17) is 5.41 Å². The van der Waals surface area contributed by atoms with E-state index < -0.39 is 11.9 Å². The van der Waals surface area contributed by atoms with Gasteiger partial charge in [-0.25, -0.2) is 19.9 Å². The first-order chi connectivity index (χ1) is 14.4. The molecule has 1 unspecified atom stereocenters. The number of imidazole rings is 1. The molecule has 1 saturated heterocycles. The van der Waals surface area contributed by atoms with Gasteiger partial charge in [0, 0.05) is 36.8 Å². The third-order valence-corrected chi connectivity index (χ3v) is 4.80. The Balaban J connectivity index is 1.53. The van der Waals surface area contributed by atoms with Gasteiger partial charge in [0.25, 0.3) is 0 Å². The Labute approximate surface area is 169 Å². The van der Waals surface area contributed by atoms with Crippen LogP contribution in [-0.2, 0) is 6.18 Å². The summed E-state index contributed by atoms with van der Waals surface area (Å²) in [6.07, 6.45) is 5.62. The number of rotatable bonds is 5. The first-order valence-electron chi connectivity index (χ1n) is 9.38. The molecule has 1 atom stereocenters. The van der Waals surface area contributed by atoms with E-state index in [0.717, 1.165) is 38.3 Å². The molecule has 0 aromatic carbocycles. The Kier molecular flexibility index (Phi) is 5.44. The van der Waals surface area contributed by atoms with Gasteiger partial charge in [-0.05, 0) is 31.5 Å². The number of anilines is 1. The minimum absolute atomic E-state index is 0.187. The van der Waals surface area contributed by atoms with Gasteiger partial charge in [0.15, 0.2) is 17.2 Å². The summed E-state index contributed by atoms with van der Waals surface area (Å²) >= 11 is 0. The summed E-state index contributed by atoms with van der Waals surface area (Å²) in [7, 11) is 0. The quantitative estimate of drug-likeness (QED) is 0.552. The van der Waals surface area contributed by atoms with Crippen LogP contribution in [0.3, 0.4) is 0 Å². The SMILES string of the molecule is N=C(/C=C\Nc1ccnc(-c2cnc3cnc(C(F)(F)F)cn23)n1)C1CCCNC1. The monoisotopic (exact) mass is 416 g/mol. The van der Waals surface area contributed by atoms with Crippen molar-refractivity contribution in [2.75, 3.05) is 18.4 Å². The average molecular weight is 416 g/mol. The van der Waals surface area contributed by atoms with Crippen molar-refractivity contribution in [1.82, 2.24) is 29.7 Å². The highest BCUT2D eigenvalue weighted by molar-refractivity contribution is 5.94. The van der Waals surface area contributed by atoms with Crippen LogP contribution < -0.4 is 10.6 Å².